The molecule has 0 aliphatic carbocycles. The molecule has 1 heteroatoms. The SMILES string of the molecule is C[C](Cc1ccccc1)c1ccc(F)cc1. The fourth-order valence-electron chi connectivity index (χ4n) is 1.74. The zero-order valence-electron chi connectivity index (χ0n) is 9.28. The highest BCUT2D eigenvalue weighted by Gasteiger charge is 2.06. The Morgan fingerprint density at radius 2 is 1.56 bits per heavy atom. The monoisotopic (exact) mass is 213 g/mol. The fraction of sp³-hybridized carbons (Fsp3) is 0.133. The van der Waals surface area contributed by atoms with Crippen LogP contribution in [0, 0.1) is 11.7 Å². The molecule has 0 atom stereocenters. The number of hydrogen-bond donors (Lipinski definition) is 0. The van der Waals surface area contributed by atoms with E-state index < -0.39 is 0 Å². The smallest absolute Gasteiger partial charge is 0.123 e. The van der Waals surface area contributed by atoms with Gasteiger partial charge in [-0.3, -0.25) is 0 Å². The van der Waals surface area contributed by atoms with Gasteiger partial charge < -0.3 is 0 Å². The van der Waals surface area contributed by atoms with Gasteiger partial charge in [0.15, 0.2) is 0 Å². The van der Waals surface area contributed by atoms with E-state index in [0.29, 0.717) is 0 Å². The maximum Gasteiger partial charge on any atom is 0.123 e. The van der Waals surface area contributed by atoms with Gasteiger partial charge in [0.1, 0.15) is 5.82 Å². The minimum Gasteiger partial charge on any atom is -0.207 e. The van der Waals surface area contributed by atoms with Crippen LogP contribution < -0.4 is 0 Å². The van der Waals surface area contributed by atoms with Gasteiger partial charge in [0.25, 0.3) is 0 Å². The highest BCUT2D eigenvalue weighted by molar-refractivity contribution is 5.33. The molecule has 0 amide bonds. The number of benzene rings is 2. The second-order valence-corrected chi connectivity index (χ2v) is 3.95. The Kier molecular flexibility index (Phi) is 3.35. The van der Waals surface area contributed by atoms with Gasteiger partial charge in [-0.1, -0.05) is 49.4 Å². The van der Waals surface area contributed by atoms with Crippen LogP contribution in [0.5, 0.6) is 0 Å². The standard InChI is InChI=1S/C15H14F/c1-12(11-13-5-3-2-4-6-13)14-7-9-15(16)10-8-14/h2-10H,11H2,1H3. The zero-order chi connectivity index (χ0) is 11.4. The third kappa shape index (κ3) is 2.69. The van der Waals surface area contributed by atoms with Crippen LogP contribution in [0.4, 0.5) is 4.39 Å². The lowest BCUT2D eigenvalue weighted by Crippen LogP contribution is -1.99. The summed E-state index contributed by atoms with van der Waals surface area (Å²) < 4.78 is 12.8. The van der Waals surface area contributed by atoms with Crippen molar-refractivity contribution in [2.75, 3.05) is 0 Å². The molecule has 0 aliphatic heterocycles. The molecule has 0 aromatic heterocycles. The molecular formula is C15H14F. The van der Waals surface area contributed by atoms with E-state index in [9.17, 15) is 4.39 Å². The van der Waals surface area contributed by atoms with E-state index in [1.165, 1.54) is 23.6 Å². The first-order valence-electron chi connectivity index (χ1n) is 5.38. The third-order valence-corrected chi connectivity index (χ3v) is 2.65. The Morgan fingerprint density at radius 3 is 2.19 bits per heavy atom. The quantitative estimate of drug-likeness (QED) is 0.722. The molecule has 2 aromatic carbocycles. The predicted octanol–water partition coefficient (Wildman–Crippen LogP) is 4.01. The van der Waals surface area contributed by atoms with Crippen LogP contribution in [-0.2, 0) is 6.42 Å². The van der Waals surface area contributed by atoms with Crippen molar-refractivity contribution in [3.63, 3.8) is 0 Å². The van der Waals surface area contributed by atoms with Gasteiger partial charge in [-0.25, -0.2) is 4.39 Å². The van der Waals surface area contributed by atoms with Crippen molar-refractivity contribution >= 4 is 0 Å². The average molecular weight is 213 g/mol. The summed E-state index contributed by atoms with van der Waals surface area (Å²) in [6.45, 7) is 2.08. The second kappa shape index (κ2) is 4.93. The molecule has 81 valence electrons. The summed E-state index contributed by atoms with van der Waals surface area (Å²) in [5.74, 6) is 1.07. The molecule has 0 spiro atoms. The summed E-state index contributed by atoms with van der Waals surface area (Å²) >= 11 is 0. The molecule has 0 heterocycles. The maximum absolute atomic E-state index is 12.8. The molecule has 2 aromatic rings. The lowest BCUT2D eigenvalue weighted by Gasteiger charge is -2.11. The van der Waals surface area contributed by atoms with Crippen molar-refractivity contribution < 1.29 is 4.39 Å². The third-order valence-electron chi connectivity index (χ3n) is 2.65. The Morgan fingerprint density at radius 1 is 0.938 bits per heavy atom. The van der Waals surface area contributed by atoms with E-state index in [2.05, 4.69) is 19.1 Å². The van der Waals surface area contributed by atoms with Gasteiger partial charge in [-0.15, -0.1) is 0 Å². The van der Waals surface area contributed by atoms with Crippen molar-refractivity contribution in [1.82, 2.24) is 0 Å². The highest BCUT2D eigenvalue weighted by atomic mass is 19.1. The van der Waals surface area contributed by atoms with E-state index in [-0.39, 0.29) is 5.82 Å². The average Bonchev–Trinajstić information content (AvgIpc) is 2.31. The van der Waals surface area contributed by atoms with Crippen molar-refractivity contribution in [2.24, 2.45) is 0 Å². The van der Waals surface area contributed by atoms with Crippen molar-refractivity contribution in [1.29, 1.82) is 0 Å². The summed E-state index contributed by atoms with van der Waals surface area (Å²) in [7, 11) is 0. The summed E-state index contributed by atoms with van der Waals surface area (Å²) in [5, 5.41) is 0. The summed E-state index contributed by atoms with van der Waals surface area (Å²) in [6, 6.07) is 17.0. The minimum absolute atomic E-state index is 0.184. The lowest BCUT2D eigenvalue weighted by molar-refractivity contribution is 0.627. The number of rotatable bonds is 3. The number of halogens is 1. The maximum atomic E-state index is 12.8. The molecule has 2 rings (SSSR count). The first-order valence-corrected chi connectivity index (χ1v) is 5.38. The molecule has 0 aliphatic rings. The van der Waals surface area contributed by atoms with Gasteiger partial charge in [0.2, 0.25) is 0 Å². The van der Waals surface area contributed by atoms with Crippen LogP contribution in [0.3, 0.4) is 0 Å². The molecule has 16 heavy (non-hydrogen) atoms. The summed E-state index contributed by atoms with van der Waals surface area (Å²) in [4.78, 5) is 0. The molecule has 0 N–H and O–H groups in total. The fourth-order valence-corrected chi connectivity index (χ4v) is 1.74. The van der Waals surface area contributed by atoms with Gasteiger partial charge in [-0.05, 0) is 29.7 Å². The van der Waals surface area contributed by atoms with Gasteiger partial charge >= 0.3 is 0 Å². The van der Waals surface area contributed by atoms with Crippen LogP contribution in [0.1, 0.15) is 18.1 Å². The molecule has 0 bridgehead atoms. The molecule has 0 saturated carbocycles. The van der Waals surface area contributed by atoms with E-state index in [4.69, 9.17) is 0 Å². The lowest BCUT2D eigenvalue weighted by atomic mass is 9.94. The molecule has 0 saturated heterocycles. The van der Waals surface area contributed by atoms with E-state index in [1.54, 1.807) is 0 Å². The minimum atomic E-state index is -0.184. The molecule has 1 radical (unpaired) electrons. The highest BCUT2D eigenvalue weighted by Crippen LogP contribution is 2.19. The van der Waals surface area contributed by atoms with Crippen molar-refractivity contribution in [3.8, 4) is 0 Å². The number of hydrogen-bond acceptors (Lipinski definition) is 0. The van der Waals surface area contributed by atoms with Crippen LogP contribution >= 0.6 is 0 Å². The molecule has 0 fully saturated rings. The molecule has 0 nitrogen and oxygen atoms in total. The Labute approximate surface area is 95.7 Å². The summed E-state index contributed by atoms with van der Waals surface area (Å²) in [6.07, 6.45) is 0.909. The Balaban J connectivity index is 2.09. The van der Waals surface area contributed by atoms with Gasteiger partial charge in [0, 0.05) is 5.92 Å². The van der Waals surface area contributed by atoms with E-state index >= 15 is 0 Å². The molecule has 0 unspecified atom stereocenters. The zero-order valence-corrected chi connectivity index (χ0v) is 9.28. The van der Waals surface area contributed by atoms with E-state index in [0.717, 1.165) is 12.0 Å². The first kappa shape index (κ1) is 10.9. The van der Waals surface area contributed by atoms with Gasteiger partial charge in [-0.2, -0.15) is 0 Å². The topological polar surface area (TPSA) is 0 Å². The van der Waals surface area contributed by atoms with Crippen LogP contribution in [-0.4, -0.2) is 0 Å². The second-order valence-electron chi connectivity index (χ2n) is 3.95. The van der Waals surface area contributed by atoms with Crippen LogP contribution in [0.15, 0.2) is 54.6 Å². The van der Waals surface area contributed by atoms with Crippen LogP contribution in [0.2, 0.25) is 0 Å². The normalized spacial score (nSPS) is 10.7. The first-order chi connectivity index (χ1) is 7.75. The largest absolute Gasteiger partial charge is 0.207 e. The van der Waals surface area contributed by atoms with Crippen molar-refractivity contribution in [3.05, 3.63) is 77.5 Å². The van der Waals surface area contributed by atoms with Crippen LogP contribution in [0.25, 0.3) is 0 Å². The Hall–Kier alpha value is -1.63. The van der Waals surface area contributed by atoms with E-state index in [1.807, 2.05) is 30.3 Å². The molecular weight excluding hydrogens is 199 g/mol. The Bertz CT molecular complexity index is 431. The predicted molar refractivity (Wildman–Crippen MR) is 64.6 cm³/mol. The summed E-state index contributed by atoms with van der Waals surface area (Å²) in [5.41, 5.74) is 2.38. The van der Waals surface area contributed by atoms with Crippen molar-refractivity contribution in [2.45, 2.75) is 13.3 Å². The van der Waals surface area contributed by atoms with Gasteiger partial charge in [0.05, 0.1) is 0 Å².